The summed E-state index contributed by atoms with van der Waals surface area (Å²) < 4.78 is 11.1. The van der Waals surface area contributed by atoms with E-state index in [9.17, 15) is 9.90 Å². The highest BCUT2D eigenvalue weighted by Crippen LogP contribution is 2.35. The first-order valence-electron chi connectivity index (χ1n) is 5.95. The Kier molecular flexibility index (Phi) is 3.55. The second-order valence-electron chi connectivity index (χ2n) is 4.22. The van der Waals surface area contributed by atoms with E-state index in [4.69, 9.17) is 9.47 Å². The van der Waals surface area contributed by atoms with Crippen LogP contribution in [0.1, 0.15) is 25.0 Å². The smallest absolute Gasteiger partial charge is 0.127 e. The molecule has 0 aromatic heterocycles. The summed E-state index contributed by atoms with van der Waals surface area (Å²) in [5, 5.41) is 10.5. The molecule has 4 nitrogen and oxygen atoms in total. The SMILES string of the molecule is CCOc1cc2c(cc1/C=C/C(=O)[O-])O[C@@H](C)C2. The molecule has 0 unspecified atom stereocenters. The minimum atomic E-state index is -1.23. The lowest BCUT2D eigenvalue weighted by Crippen LogP contribution is -2.18. The third-order valence-electron chi connectivity index (χ3n) is 2.73. The van der Waals surface area contributed by atoms with Gasteiger partial charge in [0.2, 0.25) is 0 Å². The van der Waals surface area contributed by atoms with Gasteiger partial charge >= 0.3 is 0 Å². The summed E-state index contributed by atoms with van der Waals surface area (Å²) >= 11 is 0. The standard InChI is InChI=1S/C14H16O4/c1-3-17-12-8-11-6-9(2)18-13(11)7-10(12)4-5-14(15)16/h4-5,7-9H,3,6H2,1-2H3,(H,15,16)/p-1/b5-4+/t9-/m0/s1. The Labute approximate surface area is 106 Å². The van der Waals surface area contributed by atoms with Crippen LogP contribution in [0.2, 0.25) is 0 Å². The molecule has 0 spiro atoms. The van der Waals surface area contributed by atoms with Gasteiger partial charge in [-0.25, -0.2) is 0 Å². The highest BCUT2D eigenvalue weighted by molar-refractivity contribution is 5.84. The van der Waals surface area contributed by atoms with Crippen molar-refractivity contribution in [2.45, 2.75) is 26.4 Å². The fourth-order valence-electron chi connectivity index (χ4n) is 2.02. The van der Waals surface area contributed by atoms with Crippen LogP contribution in [0, 0.1) is 0 Å². The molecule has 0 fully saturated rings. The molecule has 1 aliphatic heterocycles. The third-order valence-corrected chi connectivity index (χ3v) is 2.73. The Morgan fingerprint density at radius 3 is 3.06 bits per heavy atom. The monoisotopic (exact) mass is 247 g/mol. The van der Waals surface area contributed by atoms with E-state index in [1.54, 1.807) is 0 Å². The topological polar surface area (TPSA) is 58.6 Å². The van der Waals surface area contributed by atoms with Gasteiger partial charge in [-0.2, -0.15) is 0 Å². The quantitative estimate of drug-likeness (QED) is 0.749. The molecular formula is C14H15O4-. The van der Waals surface area contributed by atoms with Gasteiger partial charge in [0, 0.05) is 17.5 Å². The van der Waals surface area contributed by atoms with Crippen molar-refractivity contribution in [3.05, 3.63) is 29.3 Å². The molecule has 0 radical (unpaired) electrons. The second-order valence-corrected chi connectivity index (χ2v) is 4.22. The number of benzene rings is 1. The fraction of sp³-hybridized carbons (Fsp3) is 0.357. The summed E-state index contributed by atoms with van der Waals surface area (Å²) in [6.07, 6.45) is 3.45. The predicted octanol–water partition coefficient (Wildman–Crippen LogP) is 1.17. The molecular weight excluding hydrogens is 232 g/mol. The molecule has 18 heavy (non-hydrogen) atoms. The number of ether oxygens (including phenoxy) is 2. The Bertz CT molecular complexity index is 491. The van der Waals surface area contributed by atoms with Crippen LogP contribution in [0.15, 0.2) is 18.2 Å². The van der Waals surface area contributed by atoms with Crippen molar-refractivity contribution in [1.29, 1.82) is 0 Å². The van der Waals surface area contributed by atoms with Crippen LogP contribution in [-0.2, 0) is 11.2 Å². The molecule has 0 saturated carbocycles. The average Bonchev–Trinajstić information content (AvgIpc) is 2.65. The van der Waals surface area contributed by atoms with Gasteiger partial charge in [0.25, 0.3) is 0 Å². The summed E-state index contributed by atoms with van der Waals surface area (Å²) in [6, 6.07) is 3.72. The number of rotatable bonds is 4. The van der Waals surface area contributed by atoms with Crippen molar-refractivity contribution >= 4 is 12.0 Å². The van der Waals surface area contributed by atoms with Gasteiger partial charge in [0.1, 0.15) is 17.6 Å². The van der Waals surface area contributed by atoms with Crippen LogP contribution < -0.4 is 14.6 Å². The molecule has 0 saturated heterocycles. The van der Waals surface area contributed by atoms with Gasteiger partial charge in [-0.15, -0.1) is 0 Å². The van der Waals surface area contributed by atoms with E-state index in [2.05, 4.69) is 0 Å². The van der Waals surface area contributed by atoms with Crippen LogP contribution in [0.4, 0.5) is 0 Å². The molecule has 1 aromatic rings. The average molecular weight is 247 g/mol. The van der Waals surface area contributed by atoms with E-state index < -0.39 is 5.97 Å². The zero-order chi connectivity index (χ0) is 13.1. The van der Waals surface area contributed by atoms with Crippen LogP contribution in [-0.4, -0.2) is 18.7 Å². The van der Waals surface area contributed by atoms with Gasteiger partial charge < -0.3 is 19.4 Å². The summed E-state index contributed by atoms with van der Waals surface area (Å²) in [5.41, 5.74) is 1.78. The highest BCUT2D eigenvalue weighted by Gasteiger charge is 2.21. The van der Waals surface area contributed by atoms with Crippen LogP contribution in [0.5, 0.6) is 11.5 Å². The van der Waals surface area contributed by atoms with Gasteiger partial charge in [0.05, 0.1) is 12.6 Å². The second kappa shape index (κ2) is 5.12. The van der Waals surface area contributed by atoms with E-state index >= 15 is 0 Å². The molecule has 1 atom stereocenters. The maximum atomic E-state index is 10.5. The Balaban J connectivity index is 2.37. The number of aliphatic carboxylic acids is 1. The summed E-state index contributed by atoms with van der Waals surface area (Å²) in [6.45, 7) is 4.41. The number of carboxylic acids is 1. The van der Waals surface area contributed by atoms with E-state index in [0.29, 0.717) is 17.9 Å². The van der Waals surface area contributed by atoms with E-state index in [1.165, 1.54) is 6.08 Å². The summed E-state index contributed by atoms with van der Waals surface area (Å²) in [7, 11) is 0. The lowest BCUT2D eigenvalue weighted by molar-refractivity contribution is -0.297. The third kappa shape index (κ3) is 2.64. The van der Waals surface area contributed by atoms with Gasteiger partial charge in [-0.1, -0.05) is 0 Å². The number of hydrogen-bond acceptors (Lipinski definition) is 4. The van der Waals surface area contributed by atoms with Crippen LogP contribution >= 0.6 is 0 Å². The van der Waals surface area contributed by atoms with Gasteiger partial charge in [0.15, 0.2) is 0 Å². The van der Waals surface area contributed by atoms with E-state index in [1.807, 2.05) is 26.0 Å². The largest absolute Gasteiger partial charge is 0.545 e. The Morgan fingerprint density at radius 1 is 1.61 bits per heavy atom. The summed E-state index contributed by atoms with van der Waals surface area (Å²) in [4.78, 5) is 10.5. The Hall–Kier alpha value is -1.97. The maximum absolute atomic E-state index is 10.5. The van der Waals surface area contributed by atoms with Crippen molar-refractivity contribution in [2.24, 2.45) is 0 Å². The minimum Gasteiger partial charge on any atom is -0.545 e. The number of carboxylic acid groups (broad SMARTS) is 1. The van der Waals surface area contributed by atoms with Crippen molar-refractivity contribution in [2.75, 3.05) is 6.61 Å². The molecule has 96 valence electrons. The molecule has 1 heterocycles. The van der Waals surface area contributed by atoms with Crippen molar-refractivity contribution in [3.63, 3.8) is 0 Å². The highest BCUT2D eigenvalue weighted by atomic mass is 16.5. The minimum absolute atomic E-state index is 0.148. The number of fused-ring (bicyclic) bond motifs is 1. The molecule has 1 aliphatic rings. The summed E-state index contributed by atoms with van der Waals surface area (Å²) in [5.74, 6) is 0.239. The fourth-order valence-corrected chi connectivity index (χ4v) is 2.02. The zero-order valence-electron chi connectivity index (χ0n) is 10.4. The molecule has 0 amide bonds. The van der Waals surface area contributed by atoms with E-state index in [-0.39, 0.29) is 6.10 Å². The first kappa shape index (κ1) is 12.5. The zero-order valence-corrected chi connectivity index (χ0v) is 10.4. The number of hydrogen-bond donors (Lipinski definition) is 0. The molecule has 1 aromatic carbocycles. The van der Waals surface area contributed by atoms with E-state index in [0.717, 1.165) is 23.8 Å². The molecule has 0 bridgehead atoms. The van der Waals surface area contributed by atoms with Gasteiger partial charge in [-0.3, -0.25) is 0 Å². The Morgan fingerprint density at radius 2 is 2.39 bits per heavy atom. The lowest BCUT2D eigenvalue weighted by Gasteiger charge is -2.10. The van der Waals surface area contributed by atoms with Crippen LogP contribution in [0.3, 0.4) is 0 Å². The maximum Gasteiger partial charge on any atom is 0.127 e. The number of carbonyl (C=O) groups excluding carboxylic acids is 1. The molecule has 0 aliphatic carbocycles. The first-order valence-corrected chi connectivity index (χ1v) is 5.95. The molecule has 4 heteroatoms. The number of carbonyl (C=O) groups is 1. The van der Waals surface area contributed by atoms with Crippen molar-refractivity contribution < 1.29 is 19.4 Å². The van der Waals surface area contributed by atoms with Crippen molar-refractivity contribution in [1.82, 2.24) is 0 Å². The molecule has 2 rings (SSSR count). The normalized spacial score (nSPS) is 17.6. The predicted molar refractivity (Wildman–Crippen MR) is 65.4 cm³/mol. The van der Waals surface area contributed by atoms with Gasteiger partial charge in [-0.05, 0) is 38.1 Å². The lowest BCUT2D eigenvalue weighted by atomic mass is 10.1. The van der Waals surface area contributed by atoms with Crippen LogP contribution in [0.25, 0.3) is 6.08 Å². The molecule has 0 N–H and O–H groups in total. The van der Waals surface area contributed by atoms with Crippen molar-refractivity contribution in [3.8, 4) is 11.5 Å². The first-order chi connectivity index (χ1) is 8.60.